The highest BCUT2D eigenvalue weighted by Gasteiger charge is 2.37. The van der Waals surface area contributed by atoms with Crippen LogP contribution in [0.5, 0.6) is 0 Å². The van der Waals surface area contributed by atoms with Crippen LogP contribution in [0.1, 0.15) is 57.4 Å². The summed E-state index contributed by atoms with van der Waals surface area (Å²) in [6, 6.07) is 14.1. The molecule has 2 aromatic carbocycles. The first kappa shape index (κ1) is 28.8. The largest absolute Gasteiger partial charge is 0.444 e. The summed E-state index contributed by atoms with van der Waals surface area (Å²) >= 11 is 4.29. The molecule has 0 heterocycles. The third-order valence-electron chi connectivity index (χ3n) is 5.21. The Balaban J connectivity index is 2.40. The van der Waals surface area contributed by atoms with Crippen molar-refractivity contribution in [3.05, 3.63) is 71.3 Å². The zero-order valence-corrected chi connectivity index (χ0v) is 22.3. The average Bonchev–Trinajstić information content (AvgIpc) is 2.83. The molecule has 2 unspecified atom stereocenters. The number of rotatable bonds is 9. The van der Waals surface area contributed by atoms with E-state index in [1.807, 2.05) is 44.2 Å². The third kappa shape index (κ3) is 8.35. The number of amides is 3. The second-order valence-corrected chi connectivity index (χ2v) is 9.96. The predicted octanol–water partition coefficient (Wildman–Crippen LogP) is 4.09. The first-order valence-corrected chi connectivity index (χ1v) is 12.4. The third-order valence-corrected chi connectivity index (χ3v) is 5.58. The quantitative estimate of drug-likeness (QED) is 0.351. The van der Waals surface area contributed by atoms with Crippen LogP contribution in [-0.2, 0) is 20.9 Å². The van der Waals surface area contributed by atoms with Gasteiger partial charge >= 0.3 is 6.09 Å². The van der Waals surface area contributed by atoms with E-state index in [1.54, 1.807) is 45.0 Å². The van der Waals surface area contributed by atoms with E-state index in [-0.39, 0.29) is 17.7 Å². The minimum atomic E-state index is -1.00. The molecule has 0 aliphatic rings. The van der Waals surface area contributed by atoms with Crippen molar-refractivity contribution in [1.82, 2.24) is 15.5 Å². The van der Waals surface area contributed by atoms with Crippen molar-refractivity contribution in [2.24, 2.45) is 0 Å². The van der Waals surface area contributed by atoms with Gasteiger partial charge in [-0.2, -0.15) is 12.6 Å². The van der Waals surface area contributed by atoms with Gasteiger partial charge in [-0.25, -0.2) is 4.79 Å². The number of nitrogens with zero attached hydrogens (tertiary/aromatic N) is 1. The lowest BCUT2D eigenvalue weighted by atomic mass is 10.00. The lowest BCUT2D eigenvalue weighted by Gasteiger charge is -2.37. The molecule has 2 N–H and O–H groups in total. The molecule has 7 nitrogen and oxygen atoms in total. The molecule has 0 spiro atoms. The molecule has 36 heavy (non-hydrogen) atoms. The van der Waals surface area contributed by atoms with E-state index < -0.39 is 29.7 Å². The summed E-state index contributed by atoms with van der Waals surface area (Å²) in [5.74, 6) is 1.77. The number of hydrogen-bond acceptors (Lipinski definition) is 5. The van der Waals surface area contributed by atoms with Crippen LogP contribution in [0, 0.1) is 12.3 Å². The maximum Gasteiger partial charge on any atom is 0.408 e. The van der Waals surface area contributed by atoms with E-state index in [4.69, 9.17) is 11.2 Å². The van der Waals surface area contributed by atoms with Crippen LogP contribution in [0.25, 0.3) is 0 Å². The summed E-state index contributed by atoms with van der Waals surface area (Å²) in [7, 11) is 0. The molecule has 0 aliphatic heterocycles. The number of hydrogen-bond donors (Lipinski definition) is 3. The van der Waals surface area contributed by atoms with Gasteiger partial charge in [-0.3, -0.25) is 9.59 Å². The lowest BCUT2D eigenvalue weighted by molar-refractivity contribution is -0.144. The zero-order chi connectivity index (χ0) is 26.9. The van der Waals surface area contributed by atoms with Gasteiger partial charge in [-0.05, 0) is 57.9 Å². The summed E-state index contributed by atoms with van der Waals surface area (Å²) in [5, 5.41) is 5.53. The van der Waals surface area contributed by atoms with E-state index in [0.29, 0.717) is 17.7 Å². The summed E-state index contributed by atoms with van der Waals surface area (Å²) in [6.07, 6.45) is 4.76. The van der Waals surface area contributed by atoms with Crippen molar-refractivity contribution in [2.45, 2.75) is 64.9 Å². The fraction of sp³-hybridized carbons (Fsp3) is 0.393. The first-order valence-electron chi connectivity index (χ1n) is 11.8. The van der Waals surface area contributed by atoms with Gasteiger partial charge in [-0.15, -0.1) is 6.42 Å². The van der Waals surface area contributed by atoms with Gasteiger partial charge in [0.05, 0.1) is 0 Å². The van der Waals surface area contributed by atoms with Gasteiger partial charge in [0, 0.05) is 23.9 Å². The topological polar surface area (TPSA) is 87.7 Å². The average molecular weight is 510 g/mol. The van der Waals surface area contributed by atoms with Crippen LogP contribution in [-0.4, -0.2) is 46.2 Å². The summed E-state index contributed by atoms with van der Waals surface area (Å²) in [6.45, 7) is 9.12. The minimum Gasteiger partial charge on any atom is -0.444 e. The van der Waals surface area contributed by atoms with Crippen molar-refractivity contribution in [3.8, 4) is 12.3 Å². The Kier molecular flexibility index (Phi) is 10.4. The van der Waals surface area contributed by atoms with E-state index in [1.165, 1.54) is 4.90 Å². The number of alkyl carbamates (subject to hydrolysis) is 1. The Hall–Kier alpha value is -3.44. The summed E-state index contributed by atoms with van der Waals surface area (Å²) in [4.78, 5) is 41.1. The number of nitrogens with one attached hydrogen (secondary N) is 2. The Labute approximate surface area is 219 Å². The van der Waals surface area contributed by atoms with Gasteiger partial charge in [0.15, 0.2) is 0 Å². The molecule has 0 saturated carbocycles. The fourth-order valence-electron chi connectivity index (χ4n) is 3.58. The maximum atomic E-state index is 13.7. The van der Waals surface area contributed by atoms with Crippen LogP contribution in [0.15, 0.2) is 54.6 Å². The standard InChI is InChI=1S/C28H35N3O4S/c1-7-20-13-15-22(16-14-20)24(25(32)29-17-21-11-9-8-10-12-21)31(19(2)3)26(33)23(18-36)30-27(34)35-28(4,5)6/h1,8-16,19,23-24,36H,17-18H2,2-6H3,(H,29,32)(H,30,34). The number of ether oxygens (including phenoxy) is 1. The van der Waals surface area contributed by atoms with Crippen LogP contribution in [0.2, 0.25) is 0 Å². The highest BCUT2D eigenvalue weighted by molar-refractivity contribution is 7.80. The minimum absolute atomic E-state index is 0.0235. The molecule has 0 aromatic heterocycles. The Morgan fingerprint density at radius 1 is 1.06 bits per heavy atom. The van der Waals surface area contributed by atoms with Crippen molar-refractivity contribution >= 4 is 30.5 Å². The van der Waals surface area contributed by atoms with Gasteiger partial charge in [-0.1, -0.05) is 48.4 Å². The molecule has 2 rings (SSSR count). The number of carbonyl (C=O) groups excluding carboxylic acids is 3. The Morgan fingerprint density at radius 3 is 2.17 bits per heavy atom. The van der Waals surface area contributed by atoms with E-state index in [9.17, 15) is 14.4 Å². The first-order chi connectivity index (χ1) is 17.0. The van der Waals surface area contributed by atoms with Gasteiger partial charge in [0.1, 0.15) is 17.7 Å². The van der Waals surface area contributed by atoms with Crippen LogP contribution in [0.4, 0.5) is 4.79 Å². The van der Waals surface area contributed by atoms with E-state index in [2.05, 4.69) is 29.2 Å². The van der Waals surface area contributed by atoms with Crippen LogP contribution >= 0.6 is 12.6 Å². The second kappa shape index (κ2) is 13.0. The fourth-order valence-corrected chi connectivity index (χ4v) is 3.82. The Bertz CT molecular complexity index is 1070. The van der Waals surface area contributed by atoms with Crippen molar-refractivity contribution in [3.63, 3.8) is 0 Å². The molecular weight excluding hydrogens is 474 g/mol. The zero-order valence-electron chi connectivity index (χ0n) is 21.4. The summed E-state index contributed by atoms with van der Waals surface area (Å²) < 4.78 is 5.31. The molecule has 2 atom stereocenters. The molecule has 0 saturated heterocycles. The van der Waals surface area contributed by atoms with Gasteiger partial charge < -0.3 is 20.3 Å². The highest BCUT2D eigenvalue weighted by atomic mass is 32.1. The van der Waals surface area contributed by atoms with Crippen molar-refractivity contribution in [2.75, 3.05) is 5.75 Å². The van der Waals surface area contributed by atoms with Crippen molar-refractivity contribution < 1.29 is 19.1 Å². The Morgan fingerprint density at radius 2 is 1.67 bits per heavy atom. The van der Waals surface area contributed by atoms with E-state index in [0.717, 1.165) is 5.56 Å². The number of carbonyl (C=O) groups is 3. The monoisotopic (exact) mass is 509 g/mol. The van der Waals surface area contributed by atoms with Crippen molar-refractivity contribution in [1.29, 1.82) is 0 Å². The van der Waals surface area contributed by atoms with Crippen LogP contribution < -0.4 is 10.6 Å². The van der Waals surface area contributed by atoms with Gasteiger partial charge in [0.2, 0.25) is 11.8 Å². The molecule has 8 heteroatoms. The molecule has 0 fully saturated rings. The summed E-state index contributed by atoms with van der Waals surface area (Å²) in [5.41, 5.74) is 1.45. The SMILES string of the molecule is C#Cc1ccc(C(C(=O)NCc2ccccc2)N(C(=O)C(CS)NC(=O)OC(C)(C)C)C(C)C)cc1. The lowest BCUT2D eigenvalue weighted by Crippen LogP contribution is -2.55. The number of thiol groups is 1. The molecular formula is C28H35N3O4S. The molecule has 0 radical (unpaired) electrons. The molecule has 0 bridgehead atoms. The smallest absolute Gasteiger partial charge is 0.408 e. The molecule has 0 aliphatic carbocycles. The number of terminal acetylenes is 1. The van der Waals surface area contributed by atoms with Crippen LogP contribution in [0.3, 0.4) is 0 Å². The number of benzene rings is 2. The second-order valence-electron chi connectivity index (χ2n) is 9.59. The molecule has 2 aromatic rings. The normalized spacial score (nSPS) is 12.7. The molecule has 3 amide bonds. The maximum absolute atomic E-state index is 13.7. The highest BCUT2D eigenvalue weighted by Crippen LogP contribution is 2.26. The predicted molar refractivity (Wildman–Crippen MR) is 144 cm³/mol. The van der Waals surface area contributed by atoms with Gasteiger partial charge in [0.25, 0.3) is 0 Å². The molecule has 192 valence electrons. The van der Waals surface area contributed by atoms with E-state index >= 15 is 0 Å².